The molecule has 1 saturated heterocycles. The summed E-state index contributed by atoms with van der Waals surface area (Å²) >= 11 is 10.5. The first-order valence-electron chi connectivity index (χ1n) is 10.4. The standard InChI is InChI=1S/C24H23BrClNO3S/c25-20-12-18(8-11-21(20)30-15-17-6-9-19(26)10-7-17)13-22-23(28)27(24(29)31-22)14-16-4-2-1-3-5-16/h6-13,16H,1-5,14-15H2/b22-13+. The molecule has 2 aromatic rings. The Morgan fingerprint density at radius 1 is 1.10 bits per heavy atom. The van der Waals surface area contributed by atoms with E-state index in [-0.39, 0.29) is 11.1 Å². The number of hydrogen-bond acceptors (Lipinski definition) is 4. The molecule has 0 aromatic heterocycles. The maximum absolute atomic E-state index is 12.8. The van der Waals surface area contributed by atoms with Crippen molar-refractivity contribution in [1.82, 2.24) is 4.90 Å². The third kappa shape index (κ3) is 5.73. The van der Waals surface area contributed by atoms with E-state index < -0.39 is 0 Å². The molecular weight excluding hydrogens is 498 g/mol. The van der Waals surface area contributed by atoms with Crippen LogP contribution in [0, 0.1) is 5.92 Å². The van der Waals surface area contributed by atoms with Gasteiger partial charge in [0, 0.05) is 11.6 Å². The number of nitrogens with zero attached hydrogens (tertiary/aromatic N) is 1. The quantitative estimate of drug-likeness (QED) is 0.375. The lowest BCUT2D eigenvalue weighted by molar-refractivity contribution is -0.123. The van der Waals surface area contributed by atoms with Crippen LogP contribution in [0.1, 0.15) is 43.2 Å². The number of ether oxygens (including phenoxy) is 1. The summed E-state index contributed by atoms with van der Waals surface area (Å²) in [6.45, 7) is 0.971. The summed E-state index contributed by atoms with van der Waals surface area (Å²) in [5, 5.41) is 0.529. The van der Waals surface area contributed by atoms with E-state index in [1.54, 1.807) is 6.08 Å². The summed E-state index contributed by atoms with van der Waals surface area (Å²) in [5.41, 5.74) is 1.86. The van der Waals surface area contributed by atoms with E-state index in [0.29, 0.717) is 34.7 Å². The van der Waals surface area contributed by atoms with Crippen molar-refractivity contribution in [3.63, 3.8) is 0 Å². The molecule has 4 nitrogen and oxygen atoms in total. The minimum atomic E-state index is -0.181. The predicted molar refractivity (Wildman–Crippen MR) is 129 cm³/mol. The van der Waals surface area contributed by atoms with Gasteiger partial charge in [0.05, 0.1) is 9.38 Å². The lowest BCUT2D eigenvalue weighted by Crippen LogP contribution is -2.34. The fraction of sp³-hybridized carbons (Fsp3) is 0.333. The number of hydrogen-bond donors (Lipinski definition) is 0. The van der Waals surface area contributed by atoms with Crippen LogP contribution >= 0.6 is 39.3 Å². The van der Waals surface area contributed by atoms with E-state index in [1.807, 2.05) is 42.5 Å². The second-order valence-corrected chi connectivity index (χ2v) is 10.2. The average Bonchev–Trinajstić information content (AvgIpc) is 3.02. The van der Waals surface area contributed by atoms with Gasteiger partial charge in [-0.3, -0.25) is 14.5 Å². The van der Waals surface area contributed by atoms with Gasteiger partial charge in [-0.2, -0.15) is 0 Å². The lowest BCUT2D eigenvalue weighted by atomic mass is 9.89. The molecular formula is C24H23BrClNO3S. The number of benzene rings is 2. The Morgan fingerprint density at radius 2 is 1.84 bits per heavy atom. The van der Waals surface area contributed by atoms with E-state index in [4.69, 9.17) is 16.3 Å². The van der Waals surface area contributed by atoms with Crippen LogP contribution in [0.15, 0.2) is 51.8 Å². The maximum atomic E-state index is 12.8. The van der Waals surface area contributed by atoms with Crippen molar-refractivity contribution >= 4 is 56.5 Å². The minimum absolute atomic E-state index is 0.163. The Balaban J connectivity index is 1.41. The van der Waals surface area contributed by atoms with E-state index in [9.17, 15) is 9.59 Å². The highest BCUT2D eigenvalue weighted by molar-refractivity contribution is 9.10. The van der Waals surface area contributed by atoms with Gasteiger partial charge in [0.25, 0.3) is 11.1 Å². The fourth-order valence-corrected chi connectivity index (χ4v) is 5.39. The number of rotatable bonds is 6. The molecule has 2 aromatic carbocycles. The van der Waals surface area contributed by atoms with Crippen molar-refractivity contribution in [3.8, 4) is 5.75 Å². The predicted octanol–water partition coefficient (Wildman–Crippen LogP) is 7.30. The summed E-state index contributed by atoms with van der Waals surface area (Å²) in [7, 11) is 0. The molecule has 0 atom stereocenters. The molecule has 31 heavy (non-hydrogen) atoms. The molecule has 0 unspecified atom stereocenters. The molecule has 2 amide bonds. The van der Waals surface area contributed by atoms with Crippen molar-refractivity contribution in [3.05, 3.63) is 68.0 Å². The molecule has 162 valence electrons. The molecule has 1 saturated carbocycles. The second kappa shape index (κ2) is 10.2. The summed E-state index contributed by atoms with van der Waals surface area (Å²) in [6.07, 6.45) is 7.62. The van der Waals surface area contributed by atoms with E-state index >= 15 is 0 Å². The Hall–Kier alpha value is -1.76. The van der Waals surface area contributed by atoms with Gasteiger partial charge in [0.2, 0.25) is 0 Å². The van der Waals surface area contributed by atoms with Crippen molar-refractivity contribution in [2.75, 3.05) is 6.54 Å². The van der Waals surface area contributed by atoms with E-state index in [1.165, 1.54) is 24.2 Å². The van der Waals surface area contributed by atoms with Crippen LogP contribution in [0.25, 0.3) is 6.08 Å². The van der Waals surface area contributed by atoms with Gasteiger partial charge < -0.3 is 4.74 Å². The van der Waals surface area contributed by atoms with E-state index in [0.717, 1.165) is 40.2 Å². The zero-order valence-electron chi connectivity index (χ0n) is 17.0. The molecule has 1 aliphatic carbocycles. The first-order chi connectivity index (χ1) is 15.0. The normalized spacial score (nSPS) is 18.8. The van der Waals surface area contributed by atoms with Crippen LogP contribution in [-0.2, 0) is 11.4 Å². The van der Waals surface area contributed by atoms with Crippen molar-refractivity contribution in [2.24, 2.45) is 5.92 Å². The molecule has 1 aliphatic heterocycles. The van der Waals surface area contributed by atoms with Crippen molar-refractivity contribution in [2.45, 2.75) is 38.7 Å². The van der Waals surface area contributed by atoms with E-state index in [2.05, 4.69) is 15.9 Å². The molecule has 0 bridgehead atoms. The Kier molecular flexibility index (Phi) is 7.41. The van der Waals surface area contributed by atoms with Gasteiger partial charge in [-0.1, -0.05) is 49.1 Å². The SMILES string of the molecule is O=C1S/C(=C/c2ccc(OCc3ccc(Cl)cc3)c(Br)c2)C(=O)N1CC1CCCCC1. The molecule has 0 radical (unpaired) electrons. The molecule has 7 heteroatoms. The summed E-state index contributed by atoms with van der Waals surface area (Å²) < 4.78 is 6.67. The Bertz CT molecular complexity index is 1000. The Labute approximate surface area is 200 Å². The molecule has 2 fully saturated rings. The number of thioether (sulfide) groups is 1. The maximum Gasteiger partial charge on any atom is 0.293 e. The highest BCUT2D eigenvalue weighted by Crippen LogP contribution is 2.36. The summed E-state index contributed by atoms with van der Waals surface area (Å²) in [4.78, 5) is 27.1. The van der Waals surface area contributed by atoms with Gasteiger partial charge >= 0.3 is 0 Å². The van der Waals surface area contributed by atoms with Gasteiger partial charge in [0.1, 0.15) is 12.4 Å². The average molecular weight is 521 g/mol. The van der Waals surface area contributed by atoms with Crippen LogP contribution in [0.2, 0.25) is 5.02 Å². The zero-order valence-corrected chi connectivity index (χ0v) is 20.1. The minimum Gasteiger partial charge on any atom is -0.488 e. The van der Waals surface area contributed by atoms with Crippen LogP contribution in [0.4, 0.5) is 4.79 Å². The molecule has 1 heterocycles. The van der Waals surface area contributed by atoms with Crippen LogP contribution in [-0.4, -0.2) is 22.6 Å². The van der Waals surface area contributed by atoms with Crippen LogP contribution in [0.5, 0.6) is 5.75 Å². The number of amides is 2. The molecule has 4 rings (SSSR count). The third-order valence-electron chi connectivity index (χ3n) is 5.60. The van der Waals surface area contributed by atoms with Gasteiger partial charge in [-0.25, -0.2) is 0 Å². The smallest absolute Gasteiger partial charge is 0.293 e. The Morgan fingerprint density at radius 3 is 2.55 bits per heavy atom. The second-order valence-electron chi connectivity index (χ2n) is 7.90. The molecule has 2 aliphatic rings. The van der Waals surface area contributed by atoms with Crippen molar-refractivity contribution < 1.29 is 14.3 Å². The van der Waals surface area contributed by atoms with Gasteiger partial charge in [0.15, 0.2) is 0 Å². The number of carbonyl (C=O) groups excluding carboxylic acids is 2. The largest absolute Gasteiger partial charge is 0.488 e. The number of halogens is 2. The topological polar surface area (TPSA) is 46.6 Å². The van der Waals surface area contributed by atoms with Gasteiger partial charge in [-0.05, 0) is 87.9 Å². The van der Waals surface area contributed by atoms with Crippen LogP contribution < -0.4 is 4.74 Å². The fourth-order valence-electron chi connectivity index (χ4n) is 3.90. The monoisotopic (exact) mass is 519 g/mol. The molecule has 0 spiro atoms. The van der Waals surface area contributed by atoms with Crippen LogP contribution in [0.3, 0.4) is 0 Å². The van der Waals surface area contributed by atoms with Gasteiger partial charge in [-0.15, -0.1) is 0 Å². The lowest BCUT2D eigenvalue weighted by Gasteiger charge is -2.25. The third-order valence-corrected chi connectivity index (χ3v) is 7.38. The molecule has 0 N–H and O–H groups in total. The van der Waals surface area contributed by atoms with Crippen molar-refractivity contribution in [1.29, 1.82) is 0 Å². The zero-order chi connectivity index (χ0) is 21.8. The summed E-state index contributed by atoms with van der Waals surface area (Å²) in [6, 6.07) is 13.2. The number of imide groups is 1. The summed E-state index contributed by atoms with van der Waals surface area (Å²) in [5.74, 6) is 0.963. The number of carbonyl (C=O) groups is 2. The highest BCUT2D eigenvalue weighted by atomic mass is 79.9. The first kappa shape index (κ1) is 22.4. The highest BCUT2D eigenvalue weighted by Gasteiger charge is 2.36. The first-order valence-corrected chi connectivity index (χ1v) is 12.4.